The number of halogens is 4. The maximum atomic E-state index is 13.6. The van der Waals surface area contributed by atoms with Gasteiger partial charge in [-0.05, 0) is 37.6 Å². The minimum absolute atomic E-state index is 0.0364. The van der Waals surface area contributed by atoms with Crippen molar-refractivity contribution in [1.82, 2.24) is 14.9 Å². The van der Waals surface area contributed by atoms with Gasteiger partial charge in [-0.2, -0.15) is 8.78 Å². The second-order valence-electron chi connectivity index (χ2n) is 6.72. The Kier molecular flexibility index (Phi) is 6.88. The zero-order valence-electron chi connectivity index (χ0n) is 16.4. The van der Waals surface area contributed by atoms with Gasteiger partial charge in [0.25, 0.3) is 5.91 Å². The van der Waals surface area contributed by atoms with Crippen LogP contribution in [0.2, 0.25) is 0 Å². The molecule has 0 aliphatic rings. The molecule has 1 unspecified atom stereocenters. The predicted molar refractivity (Wildman–Crippen MR) is 103 cm³/mol. The van der Waals surface area contributed by atoms with E-state index in [2.05, 4.69) is 10.3 Å². The average Bonchev–Trinajstić information content (AvgIpc) is 3.11. The normalized spacial score (nSPS) is 12.2. The number of benzene rings is 2. The third kappa shape index (κ3) is 5.19. The first-order chi connectivity index (χ1) is 14.8. The van der Waals surface area contributed by atoms with Gasteiger partial charge in [0, 0.05) is 19.0 Å². The van der Waals surface area contributed by atoms with Gasteiger partial charge in [0.1, 0.15) is 11.6 Å². The summed E-state index contributed by atoms with van der Waals surface area (Å²) in [4.78, 5) is 28.1. The number of fused-ring (bicyclic) bond motifs is 1. The molecule has 1 amide bonds. The molecule has 31 heavy (non-hydrogen) atoms. The van der Waals surface area contributed by atoms with Crippen molar-refractivity contribution in [3.63, 3.8) is 0 Å². The van der Waals surface area contributed by atoms with Gasteiger partial charge in [-0.3, -0.25) is 14.2 Å². The van der Waals surface area contributed by atoms with Crippen LogP contribution >= 0.6 is 0 Å². The minimum Gasteiger partial charge on any atom is -0.454 e. The van der Waals surface area contributed by atoms with Crippen LogP contribution in [-0.4, -0.2) is 28.0 Å². The minimum atomic E-state index is -2.86. The third-order valence-electron chi connectivity index (χ3n) is 4.51. The Morgan fingerprint density at radius 2 is 1.90 bits per heavy atom. The number of esters is 1. The van der Waals surface area contributed by atoms with Crippen LogP contribution in [0, 0.1) is 11.6 Å². The molecule has 0 radical (unpaired) electrons. The Bertz CT molecular complexity index is 1100. The highest BCUT2D eigenvalue weighted by atomic mass is 19.3. The highest BCUT2D eigenvalue weighted by molar-refractivity contribution is 5.94. The summed E-state index contributed by atoms with van der Waals surface area (Å²) in [6.45, 7) is -1.38. The van der Waals surface area contributed by atoms with Crippen LogP contribution in [0.5, 0.6) is 0 Å². The molecule has 1 atom stereocenters. The van der Waals surface area contributed by atoms with Crippen molar-refractivity contribution in [3.8, 4) is 0 Å². The number of carbonyl (C=O) groups is 2. The summed E-state index contributed by atoms with van der Waals surface area (Å²) in [7, 11) is 0. The topological polar surface area (TPSA) is 73.2 Å². The van der Waals surface area contributed by atoms with Crippen LogP contribution in [0.25, 0.3) is 11.0 Å². The van der Waals surface area contributed by atoms with Crippen LogP contribution in [0.4, 0.5) is 17.6 Å². The Morgan fingerprint density at radius 3 is 2.61 bits per heavy atom. The number of hydrogen-bond donors (Lipinski definition) is 1. The van der Waals surface area contributed by atoms with Gasteiger partial charge in [-0.15, -0.1) is 0 Å². The number of rotatable bonds is 8. The molecule has 0 bridgehead atoms. The van der Waals surface area contributed by atoms with Gasteiger partial charge < -0.3 is 10.1 Å². The molecule has 3 aromatic rings. The monoisotopic (exact) mass is 437 g/mol. The van der Waals surface area contributed by atoms with Crippen LogP contribution in [0.3, 0.4) is 0 Å². The molecule has 0 aliphatic heterocycles. The van der Waals surface area contributed by atoms with Crippen molar-refractivity contribution in [2.24, 2.45) is 0 Å². The lowest BCUT2D eigenvalue weighted by Gasteiger charge is -2.15. The number of para-hydroxylation sites is 2. The van der Waals surface area contributed by atoms with Crippen molar-refractivity contribution in [3.05, 3.63) is 65.5 Å². The Balaban J connectivity index is 1.52. The van der Waals surface area contributed by atoms with Gasteiger partial charge in [-0.1, -0.05) is 12.1 Å². The fourth-order valence-corrected chi connectivity index (χ4v) is 3.07. The molecule has 0 aliphatic carbocycles. The number of nitrogens with one attached hydrogen (secondary N) is 1. The Labute approximate surface area is 174 Å². The number of amides is 1. The predicted octanol–water partition coefficient (Wildman–Crippen LogP) is 4.52. The molecule has 0 spiro atoms. The first-order valence-corrected chi connectivity index (χ1v) is 9.45. The van der Waals surface area contributed by atoms with E-state index in [1.165, 1.54) is 13.0 Å². The van der Waals surface area contributed by atoms with Crippen molar-refractivity contribution in [2.45, 2.75) is 32.4 Å². The van der Waals surface area contributed by atoms with Gasteiger partial charge in [0.15, 0.2) is 11.9 Å². The standard InChI is InChI=1S/C21H19F4N3O3/c1-12(19-27-16-5-2-3-6-17(16)28(19)21(24)25)31-18(29)7-4-10-26-20(30)14-9-8-13(22)11-15(14)23/h2-3,5-6,8-9,11-12,21H,4,7,10H2,1H3,(H,26,30). The van der Waals surface area contributed by atoms with E-state index in [-0.39, 0.29) is 36.3 Å². The van der Waals surface area contributed by atoms with E-state index < -0.39 is 36.2 Å². The van der Waals surface area contributed by atoms with Gasteiger partial charge >= 0.3 is 12.5 Å². The lowest BCUT2D eigenvalue weighted by Crippen LogP contribution is -2.26. The quantitative estimate of drug-likeness (QED) is 0.319. The molecule has 164 valence electrons. The first kappa shape index (κ1) is 22.3. The van der Waals surface area contributed by atoms with Crippen LogP contribution in [0.1, 0.15) is 48.6 Å². The molecule has 3 rings (SSSR count). The largest absolute Gasteiger partial charge is 0.454 e. The third-order valence-corrected chi connectivity index (χ3v) is 4.51. The molecule has 1 heterocycles. The fraction of sp³-hybridized carbons (Fsp3) is 0.286. The zero-order valence-corrected chi connectivity index (χ0v) is 16.4. The first-order valence-electron chi connectivity index (χ1n) is 9.45. The van der Waals surface area contributed by atoms with Crippen molar-refractivity contribution >= 4 is 22.9 Å². The molecular weight excluding hydrogens is 418 g/mol. The fourth-order valence-electron chi connectivity index (χ4n) is 3.07. The summed E-state index contributed by atoms with van der Waals surface area (Å²) in [6.07, 6.45) is -0.951. The number of alkyl halides is 2. The van der Waals surface area contributed by atoms with Crippen LogP contribution < -0.4 is 5.32 Å². The second kappa shape index (κ2) is 9.59. The van der Waals surface area contributed by atoms with Crippen molar-refractivity contribution in [1.29, 1.82) is 0 Å². The van der Waals surface area contributed by atoms with E-state index in [0.717, 1.165) is 12.1 Å². The van der Waals surface area contributed by atoms with Crippen LogP contribution in [-0.2, 0) is 9.53 Å². The Hall–Kier alpha value is -3.43. The van der Waals surface area contributed by atoms with E-state index in [1.54, 1.807) is 18.2 Å². The van der Waals surface area contributed by atoms with Crippen molar-refractivity contribution in [2.75, 3.05) is 6.54 Å². The van der Waals surface area contributed by atoms with Gasteiger partial charge in [0.2, 0.25) is 0 Å². The van der Waals surface area contributed by atoms with Crippen molar-refractivity contribution < 1.29 is 31.9 Å². The van der Waals surface area contributed by atoms with E-state index in [4.69, 9.17) is 4.74 Å². The summed E-state index contributed by atoms with van der Waals surface area (Å²) in [5, 5.41) is 2.42. The molecular formula is C21H19F4N3O3. The average molecular weight is 437 g/mol. The number of aromatic nitrogens is 2. The molecule has 6 nitrogen and oxygen atoms in total. The molecule has 0 fully saturated rings. The molecule has 10 heteroatoms. The highest BCUT2D eigenvalue weighted by Gasteiger charge is 2.24. The molecule has 0 saturated carbocycles. The summed E-state index contributed by atoms with van der Waals surface area (Å²) in [5.41, 5.74) is 0.270. The number of carbonyl (C=O) groups excluding carboxylic acids is 2. The number of nitrogens with zero attached hydrogens (tertiary/aromatic N) is 2. The molecule has 2 aromatic carbocycles. The van der Waals surface area contributed by atoms with E-state index in [0.29, 0.717) is 16.2 Å². The van der Waals surface area contributed by atoms with E-state index in [1.807, 2.05) is 0 Å². The van der Waals surface area contributed by atoms with Gasteiger partial charge in [-0.25, -0.2) is 13.8 Å². The second-order valence-corrected chi connectivity index (χ2v) is 6.72. The molecule has 0 saturated heterocycles. The number of imidazole rings is 1. The highest BCUT2D eigenvalue weighted by Crippen LogP contribution is 2.28. The molecule has 1 aromatic heterocycles. The number of hydrogen-bond acceptors (Lipinski definition) is 4. The lowest BCUT2D eigenvalue weighted by atomic mass is 10.2. The van der Waals surface area contributed by atoms with E-state index >= 15 is 0 Å². The summed E-state index contributed by atoms with van der Waals surface area (Å²) in [6, 6.07) is 8.93. The van der Waals surface area contributed by atoms with E-state index in [9.17, 15) is 27.2 Å². The smallest absolute Gasteiger partial charge is 0.320 e. The Morgan fingerprint density at radius 1 is 1.16 bits per heavy atom. The number of ether oxygens (including phenoxy) is 1. The van der Waals surface area contributed by atoms with Crippen LogP contribution in [0.15, 0.2) is 42.5 Å². The maximum Gasteiger partial charge on any atom is 0.320 e. The summed E-state index contributed by atoms with van der Waals surface area (Å²) in [5.74, 6) is -3.28. The summed E-state index contributed by atoms with van der Waals surface area (Å²) < 4.78 is 59.4. The SMILES string of the molecule is CC(OC(=O)CCCNC(=O)c1ccc(F)cc1F)c1nc2ccccc2n1C(F)F. The zero-order chi connectivity index (χ0) is 22.5. The lowest BCUT2D eigenvalue weighted by molar-refractivity contribution is -0.149. The van der Waals surface area contributed by atoms with Gasteiger partial charge in [0.05, 0.1) is 16.6 Å². The molecule has 1 N–H and O–H groups in total. The summed E-state index contributed by atoms with van der Waals surface area (Å²) >= 11 is 0. The maximum absolute atomic E-state index is 13.6.